The molecule has 0 radical (unpaired) electrons. The summed E-state index contributed by atoms with van der Waals surface area (Å²) in [6, 6.07) is -0.601. The summed E-state index contributed by atoms with van der Waals surface area (Å²) in [6.07, 6.45) is 1.51. The van der Waals surface area contributed by atoms with Gasteiger partial charge < -0.3 is 14.8 Å². The van der Waals surface area contributed by atoms with Crippen molar-refractivity contribution in [2.24, 2.45) is 5.92 Å². The van der Waals surface area contributed by atoms with Crippen LogP contribution in [0, 0.1) is 5.92 Å². The first-order valence-electron chi connectivity index (χ1n) is 5.60. The van der Waals surface area contributed by atoms with E-state index in [0.29, 0.717) is 6.61 Å². The molecule has 0 aromatic heterocycles. The first-order valence-corrected chi connectivity index (χ1v) is 5.60. The van der Waals surface area contributed by atoms with Crippen LogP contribution in [0.5, 0.6) is 0 Å². The molecule has 92 valence electrons. The third-order valence-electron chi connectivity index (χ3n) is 2.86. The molecular formula is C11H19NO4. The zero-order valence-corrected chi connectivity index (χ0v) is 9.99. The lowest BCUT2D eigenvalue weighted by Crippen LogP contribution is -2.44. The number of carbonyl (C=O) groups excluding carboxylic acids is 2. The standard InChI is InChI=1S/C11H19NO4/c1-4-9-8(5-6-16-9)10(13)12-7(2)11(14)15-3/h7-9H,4-6H2,1-3H3,(H,12,13). The SMILES string of the molecule is CCC1OCCC1C(=O)NC(C)C(=O)OC. The zero-order valence-electron chi connectivity index (χ0n) is 9.99. The molecule has 16 heavy (non-hydrogen) atoms. The maximum absolute atomic E-state index is 11.8. The molecule has 0 saturated carbocycles. The molecule has 1 fully saturated rings. The highest BCUT2D eigenvalue weighted by Gasteiger charge is 2.33. The van der Waals surface area contributed by atoms with Gasteiger partial charge in [0.1, 0.15) is 6.04 Å². The summed E-state index contributed by atoms with van der Waals surface area (Å²) in [4.78, 5) is 23.0. The lowest BCUT2D eigenvalue weighted by atomic mass is 9.98. The number of hydrogen-bond acceptors (Lipinski definition) is 4. The highest BCUT2D eigenvalue weighted by atomic mass is 16.5. The Hall–Kier alpha value is -1.10. The lowest BCUT2D eigenvalue weighted by molar-refractivity contribution is -0.145. The van der Waals surface area contributed by atoms with Crippen molar-refractivity contribution in [3.05, 3.63) is 0 Å². The number of carbonyl (C=O) groups is 2. The third-order valence-corrected chi connectivity index (χ3v) is 2.86. The van der Waals surface area contributed by atoms with Gasteiger partial charge in [0.05, 0.1) is 19.1 Å². The molecule has 1 aliphatic rings. The van der Waals surface area contributed by atoms with Gasteiger partial charge in [-0.2, -0.15) is 0 Å². The molecule has 1 amide bonds. The van der Waals surface area contributed by atoms with E-state index in [9.17, 15) is 9.59 Å². The van der Waals surface area contributed by atoms with E-state index in [0.717, 1.165) is 12.8 Å². The minimum absolute atomic E-state index is 0.0233. The minimum Gasteiger partial charge on any atom is -0.467 e. The smallest absolute Gasteiger partial charge is 0.328 e. The van der Waals surface area contributed by atoms with Gasteiger partial charge in [-0.25, -0.2) is 4.79 Å². The van der Waals surface area contributed by atoms with Crippen LogP contribution in [0.15, 0.2) is 0 Å². The molecule has 0 spiro atoms. The average molecular weight is 229 g/mol. The van der Waals surface area contributed by atoms with Crippen LogP contribution in [0.2, 0.25) is 0 Å². The molecule has 0 bridgehead atoms. The van der Waals surface area contributed by atoms with Gasteiger partial charge >= 0.3 is 5.97 Å². The number of methoxy groups -OCH3 is 1. The van der Waals surface area contributed by atoms with Crippen molar-refractivity contribution in [1.82, 2.24) is 5.32 Å². The van der Waals surface area contributed by atoms with Crippen molar-refractivity contribution in [2.45, 2.75) is 38.8 Å². The predicted molar refractivity (Wildman–Crippen MR) is 57.8 cm³/mol. The normalized spacial score (nSPS) is 26.2. The van der Waals surface area contributed by atoms with Crippen LogP contribution in [0.25, 0.3) is 0 Å². The monoisotopic (exact) mass is 229 g/mol. The topological polar surface area (TPSA) is 64.6 Å². The molecule has 3 atom stereocenters. The van der Waals surface area contributed by atoms with Gasteiger partial charge in [0, 0.05) is 6.61 Å². The lowest BCUT2D eigenvalue weighted by Gasteiger charge is -2.18. The van der Waals surface area contributed by atoms with Crippen molar-refractivity contribution in [3.63, 3.8) is 0 Å². The van der Waals surface area contributed by atoms with E-state index in [1.54, 1.807) is 6.92 Å². The summed E-state index contributed by atoms with van der Waals surface area (Å²) in [5.41, 5.74) is 0. The molecule has 1 aliphatic heterocycles. The second-order valence-electron chi connectivity index (χ2n) is 3.97. The molecule has 0 aliphatic carbocycles. The molecular weight excluding hydrogens is 210 g/mol. The van der Waals surface area contributed by atoms with Crippen LogP contribution in [0.3, 0.4) is 0 Å². The summed E-state index contributed by atoms with van der Waals surface area (Å²) < 4.78 is 9.97. The Morgan fingerprint density at radius 3 is 2.81 bits per heavy atom. The summed E-state index contributed by atoms with van der Waals surface area (Å²) >= 11 is 0. The van der Waals surface area contributed by atoms with Gasteiger partial charge in [-0.3, -0.25) is 4.79 Å². The molecule has 1 N–H and O–H groups in total. The average Bonchev–Trinajstić information content (AvgIpc) is 2.75. The number of rotatable bonds is 4. The van der Waals surface area contributed by atoms with Gasteiger partial charge in [0.15, 0.2) is 0 Å². The van der Waals surface area contributed by atoms with Crippen LogP contribution >= 0.6 is 0 Å². The molecule has 0 aromatic rings. The molecule has 5 heteroatoms. The summed E-state index contributed by atoms with van der Waals surface area (Å²) in [5.74, 6) is -0.695. The Morgan fingerprint density at radius 1 is 1.56 bits per heavy atom. The van der Waals surface area contributed by atoms with Crippen LogP contribution < -0.4 is 5.32 Å². The highest BCUT2D eigenvalue weighted by molar-refractivity contribution is 5.85. The van der Waals surface area contributed by atoms with Gasteiger partial charge in [-0.15, -0.1) is 0 Å². The predicted octanol–water partition coefficient (Wildman–Crippen LogP) is 0.479. The molecule has 1 rings (SSSR count). The van der Waals surface area contributed by atoms with E-state index in [1.165, 1.54) is 7.11 Å². The molecule has 0 aromatic carbocycles. The Labute approximate surface area is 95.5 Å². The largest absolute Gasteiger partial charge is 0.467 e. The van der Waals surface area contributed by atoms with Gasteiger partial charge in [0.2, 0.25) is 5.91 Å². The van der Waals surface area contributed by atoms with Crippen molar-refractivity contribution in [3.8, 4) is 0 Å². The van der Waals surface area contributed by atoms with Crippen molar-refractivity contribution >= 4 is 11.9 Å². The Balaban J connectivity index is 2.48. The molecule has 3 unspecified atom stereocenters. The first kappa shape index (κ1) is 13.0. The number of nitrogens with one attached hydrogen (secondary N) is 1. The van der Waals surface area contributed by atoms with Crippen LogP contribution in [-0.2, 0) is 19.1 Å². The van der Waals surface area contributed by atoms with Crippen molar-refractivity contribution in [1.29, 1.82) is 0 Å². The molecule has 1 heterocycles. The maximum Gasteiger partial charge on any atom is 0.328 e. The number of ether oxygens (including phenoxy) is 2. The van der Waals surface area contributed by atoms with Crippen LogP contribution in [0.1, 0.15) is 26.7 Å². The summed E-state index contributed by atoms with van der Waals surface area (Å²) in [7, 11) is 1.30. The van der Waals surface area contributed by atoms with E-state index in [4.69, 9.17) is 4.74 Å². The minimum atomic E-state index is -0.601. The first-order chi connectivity index (χ1) is 7.60. The second-order valence-corrected chi connectivity index (χ2v) is 3.97. The summed E-state index contributed by atoms with van der Waals surface area (Å²) in [6.45, 7) is 4.21. The highest BCUT2D eigenvalue weighted by Crippen LogP contribution is 2.23. The number of esters is 1. The van der Waals surface area contributed by atoms with E-state index in [2.05, 4.69) is 10.1 Å². The summed E-state index contributed by atoms with van der Waals surface area (Å²) in [5, 5.41) is 2.64. The van der Waals surface area contributed by atoms with Gasteiger partial charge in [-0.05, 0) is 19.8 Å². The fourth-order valence-corrected chi connectivity index (χ4v) is 1.91. The molecule has 1 saturated heterocycles. The van der Waals surface area contributed by atoms with Crippen LogP contribution in [0.4, 0.5) is 0 Å². The third kappa shape index (κ3) is 2.95. The van der Waals surface area contributed by atoms with E-state index in [1.807, 2.05) is 6.92 Å². The maximum atomic E-state index is 11.8. The second kappa shape index (κ2) is 5.84. The molecule has 5 nitrogen and oxygen atoms in total. The fourth-order valence-electron chi connectivity index (χ4n) is 1.91. The number of amides is 1. The Kier molecular flexibility index (Phi) is 4.73. The van der Waals surface area contributed by atoms with Gasteiger partial charge in [-0.1, -0.05) is 6.92 Å². The Bertz CT molecular complexity index is 267. The van der Waals surface area contributed by atoms with Crippen molar-refractivity contribution < 1.29 is 19.1 Å². The fraction of sp³-hybridized carbons (Fsp3) is 0.818. The zero-order chi connectivity index (χ0) is 12.1. The van der Waals surface area contributed by atoms with E-state index >= 15 is 0 Å². The van der Waals surface area contributed by atoms with Crippen LogP contribution in [-0.4, -0.2) is 37.7 Å². The van der Waals surface area contributed by atoms with Crippen molar-refractivity contribution in [2.75, 3.05) is 13.7 Å². The quantitative estimate of drug-likeness (QED) is 0.712. The van der Waals surface area contributed by atoms with Gasteiger partial charge in [0.25, 0.3) is 0 Å². The Morgan fingerprint density at radius 2 is 2.25 bits per heavy atom. The number of hydrogen-bond donors (Lipinski definition) is 1. The van der Waals surface area contributed by atoms with E-state index in [-0.39, 0.29) is 17.9 Å². The van der Waals surface area contributed by atoms with E-state index < -0.39 is 12.0 Å².